The molecule has 2 aromatic carbocycles. The topological polar surface area (TPSA) is 74.1 Å². The van der Waals surface area contributed by atoms with E-state index in [4.69, 9.17) is 4.74 Å². The molecule has 3 heterocycles. The number of nitrogens with one attached hydrogen (secondary N) is 1. The van der Waals surface area contributed by atoms with Gasteiger partial charge in [-0.25, -0.2) is 4.98 Å². The van der Waals surface area contributed by atoms with E-state index in [0.29, 0.717) is 28.7 Å². The van der Waals surface area contributed by atoms with Gasteiger partial charge in [-0.15, -0.1) is 0 Å². The minimum Gasteiger partial charge on any atom is -0.457 e. The van der Waals surface area contributed by atoms with Gasteiger partial charge in [0.15, 0.2) is 5.13 Å². The zero-order chi connectivity index (χ0) is 23.5. The number of rotatable bonds is 8. The highest BCUT2D eigenvalue weighted by atomic mass is 32.1. The zero-order valence-electron chi connectivity index (χ0n) is 18.0. The lowest BCUT2D eigenvalue weighted by Gasteiger charge is -2.10. The molecule has 0 saturated heterocycles. The minimum absolute atomic E-state index is 0.143. The van der Waals surface area contributed by atoms with Crippen molar-refractivity contribution in [2.45, 2.75) is 13.2 Å². The molecule has 0 saturated carbocycles. The van der Waals surface area contributed by atoms with Crippen molar-refractivity contribution in [1.29, 1.82) is 0 Å². The lowest BCUT2D eigenvalue weighted by atomic mass is 10.2. The van der Waals surface area contributed by atoms with Crippen LogP contribution in [0.4, 0.5) is 13.9 Å². The van der Waals surface area contributed by atoms with E-state index in [-0.39, 0.29) is 5.75 Å². The highest BCUT2D eigenvalue weighted by molar-refractivity contribution is 7.22. The number of alkyl halides is 2. The van der Waals surface area contributed by atoms with Crippen LogP contribution in [0.15, 0.2) is 73.2 Å². The fourth-order valence-corrected chi connectivity index (χ4v) is 4.29. The lowest BCUT2D eigenvalue weighted by Crippen LogP contribution is -2.07. The van der Waals surface area contributed by atoms with Gasteiger partial charge in [0.25, 0.3) is 0 Å². The second-order valence-electron chi connectivity index (χ2n) is 7.37. The first-order valence-electron chi connectivity index (χ1n) is 10.3. The number of aromatic nitrogens is 4. The van der Waals surface area contributed by atoms with Crippen molar-refractivity contribution in [2.75, 3.05) is 5.32 Å². The summed E-state index contributed by atoms with van der Waals surface area (Å²) in [5.74, 6) is 1.47. The molecular formula is C24H19F2N5O2S. The molecule has 0 spiro atoms. The summed E-state index contributed by atoms with van der Waals surface area (Å²) < 4.78 is 38.6. The van der Waals surface area contributed by atoms with Crippen molar-refractivity contribution < 1.29 is 18.3 Å². The average molecular weight is 480 g/mol. The number of fused-ring (bicyclic) bond motifs is 1. The van der Waals surface area contributed by atoms with Crippen LogP contribution in [-0.4, -0.2) is 26.4 Å². The molecule has 0 radical (unpaired) electrons. The van der Waals surface area contributed by atoms with E-state index in [2.05, 4.69) is 25.1 Å². The van der Waals surface area contributed by atoms with Gasteiger partial charge >= 0.3 is 6.61 Å². The molecule has 0 unspecified atom stereocenters. The Bertz CT molecular complexity index is 1440. The Balaban J connectivity index is 1.30. The van der Waals surface area contributed by atoms with Gasteiger partial charge < -0.3 is 14.8 Å². The number of hydrogen-bond donors (Lipinski definition) is 1. The molecule has 0 bridgehead atoms. The molecule has 172 valence electrons. The Morgan fingerprint density at radius 3 is 2.76 bits per heavy atom. The third kappa shape index (κ3) is 4.96. The number of thiazole rings is 1. The minimum atomic E-state index is -2.87. The fraction of sp³-hybridized carbons (Fsp3) is 0.125. The summed E-state index contributed by atoms with van der Waals surface area (Å²) in [6.07, 6.45) is 5.34. The molecule has 0 amide bonds. The van der Waals surface area contributed by atoms with Gasteiger partial charge in [-0.2, -0.15) is 13.9 Å². The molecule has 34 heavy (non-hydrogen) atoms. The Labute approximate surface area is 197 Å². The van der Waals surface area contributed by atoms with Crippen LogP contribution >= 0.6 is 11.3 Å². The molecule has 0 aliphatic heterocycles. The molecule has 1 N–H and O–H groups in total. The molecule has 0 atom stereocenters. The van der Waals surface area contributed by atoms with Crippen LogP contribution in [-0.2, 0) is 13.6 Å². The Kier molecular flexibility index (Phi) is 6.05. The van der Waals surface area contributed by atoms with E-state index >= 15 is 0 Å². The van der Waals surface area contributed by atoms with Crippen LogP contribution in [0.1, 0.15) is 5.56 Å². The van der Waals surface area contributed by atoms with Crippen molar-refractivity contribution in [1.82, 2.24) is 19.7 Å². The summed E-state index contributed by atoms with van der Waals surface area (Å²) in [7, 11) is 1.85. The maximum atomic E-state index is 12.6. The first-order chi connectivity index (χ1) is 16.5. The fourth-order valence-electron chi connectivity index (χ4n) is 3.40. The van der Waals surface area contributed by atoms with Gasteiger partial charge in [0.05, 0.1) is 22.1 Å². The van der Waals surface area contributed by atoms with Crippen molar-refractivity contribution in [2.24, 2.45) is 7.05 Å². The first-order valence-corrected chi connectivity index (χ1v) is 11.2. The van der Waals surface area contributed by atoms with Gasteiger partial charge in [-0.05, 0) is 24.3 Å². The molecule has 10 heteroatoms. The van der Waals surface area contributed by atoms with Crippen LogP contribution in [0.25, 0.3) is 21.5 Å². The predicted octanol–water partition coefficient (Wildman–Crippen LogP) is 6.10. The Morgan fingerprint density at radius 1 is 1.09 bits per heavy atom. The first kappa shape index (κ1) is 21.8. The zero-order valence-corrected chi connectivity index (χ0v) is 18.8. The number of ether oxygens (including phenoxy) is 2. The number of benzene rings is 2. The highest BCUT2D eigenvalue weighted by Crippen LogP contribution is 2.32. The summed E-state index contributed by atoms with van der Waals surface area (Å²) in [4.78, 5) is 8.95. The third-order valence-corrected chi connectivity index (χ3v) is 5.92. The second kappa shape index (κ2) is 9.44. The van der Waals surface area contributed by atoms with Crippen LogP contribution < -0.4 is 14.8 Å². The SMILES string of the molecule is Cn1cc(-c2cc(Oc3ccc4nc(NCc5ccccc5OC(F)F)sc4c3)ccn2)cn1. The van der Waals surface area contributed by atoms with Crippen molar-refractivity contribution in [3.05, 3.63) is 78.8 Å². The molecule has 0 aliphatic carbocycles. The maximum absolute atomic E-state index is 12.6. The standard InChI is InChI=1S/C24H19F2N5O2S/c1-31-14-16(13-29-31)20-10-18(8-9-27-20)32-17-6-7-19-22(11-17)34-24(30-19)28-12-15-4-2-3-5-21(15)33-23(25)26/h2-11,13-14,23H,12H2,1H3,(H,28,30). The van der Waals surface area contributed by atoms with Crippen LogP contribution in [0.2, 0.25) is 0 Å². The van der Waals surface area contributed by atoms with E-state index in [1.165, 1.54) is 17.4 Å². The molecule has 7 nitrogen and oxygen atoms in total. The average Bonchev–Trinajstić information content (AvgIpc) is 3.44. The van der Waals surface area contributed by atoms with E-state index < -0.39 is 6.61 Å². The molecule has 0 fully saturated rings. The predicted molar refractivity (Wildman–Crippen MR) is 127 cm³/mol. The second-order valence-corrected chi connectivity index (χ2v) is 8.40. The van der Waals surface area contributed by atoms with E-state index in [0.717, 1.165) is 21.5 Å². The normalized spacial score (nSPS) is 11.2. The number of anilines is 1. The quantitative estimate of drug-likeness (QED) is 0.290. The molecule has 0 aliphatic rings. The Morgan fingerprint density at radius 2 is 1.94 bits per heavy atom. The van der Waals surface area contributed by atoms with Crippen molar-refractivity contribution in [3.63, 3.8) is 0 Å². The van der Waals surface area contributed by atoms with E-state index in [1.54, 1.807) is 41.3 Å². The highest BCUT2D eigenvalue weighted by Gasteiger charge is 2.11. The van der Waals surface area contributed by atoms with Gasteiger partial charge in [-0.1, -0.05) is 29.5 Å². The smallest absolute Gasteiger partial charge is 0.387 e. The summed E-state index contributed by atoms with van der Waals surface area (Å²) in [6.45, 7) is -2.57. The molecule has 5 aromatic rings. The number of pyridine rings is 1. The summed E-state index contributed by atoms with van der Waals surface area (Å²) in [5, 5.41) is 8.03. The van der Waals surface area contributed by atoms with Crippen molar-refractivity contribution >= 4 is 26.7 Å². The van der Waals surface area contributed by atoms with E-state index in [9.17, 15) is 8.78 Å². The van der Waals surface area contributed by atoms with E-state index in [1.807, 2.05) is 37.5 Å². The maximum Gasteiger partial charge on any atom is 0.387 e. The molecule has 3 aromatic heterocycles. The summed E-state index contributed by atoms with van der Waals surface area (Å²) >= 11 is 1.45. The number of hydrogen-bond acceptors (Lipinski definition) is 7. The largest absolute Gasteiger partial charge is 0.457 e. The van der Waals surface area contributed by atoms with Gasteiger partial charge in [0.1, 0.15) is 17.2 Å². The van der Waals surface area contributed by atoms with Crippen LogP contribution in [0, 0.1) is 0 Å². The molecular weight excluding hydrogens is 460 g/mol. The van der Waals surface area contributed by atoms with Crippen molar-refractivity contribution in [3.8, 4) is 28.5 Å². The number of halogens is 2. The summed E-state index contributed by atoms with van der Waals surface area (Å²) in [6, 6.07) is 16.0. The van der Waals surface area contributed by atoms with Gasteiger partial charge in [-0.3, -0.25) is 9.67 Å². The van der Waals surface area contributed by atoms with Crippen LogP contribution in [0.3, 0.4) is 0 Å². The third-order valence-electron chi connectivity index (χ3n) is 4.95. The van der Waals surface area contributed by atoms with Crippen LogP contribution in [0.5, 0.6) is 17.2 Å². The number of aryl methyl sites for hydroxylation is 1. The lowest BCUT2D eigenvalue weighted by molar-refractivity contribution is -0.0504. The van der Waals surface area contributed by atoms with Gasteiger partial charge in [0.2, 0.25) is 0 Å². The monoisotopic (exact) mass is 479 g/mol. The molecule has 5 rings (SSSR count). The summed E-state index contributed by atoms with van der Waals surface area (Å²) in [5.41, 5.74) is 3.10. The van der Waals surface area contributed by atoms with Gasteiger partial charge in [0, 0.05) is 49.2 Å². The number of nitrogens with zero attached hydrogens (tertiary/aromatic N) is 4. The number of para-hydroxylation sites is 1. The Hall–Kier alpha value is -4.05.